The zero-order chi connectivity index (χ0) is 15.8. The molecule has 2 aromatic rings. The Kier molecular flexibility index (Phi) is 3.66. The van der Waals surface area contributed by atoms with E-state index in [1.54, 1.807) is 11.3 Å². The summed E-state index contributed by atoms with van der Waals surface area (Å²) in [5.41, 5.74) is 3.11. The second-order valence-corrected chi connectivity index (χ2v) is 7.48. The second-order valence-electron chi connectivity index (χ2n) is 6.38. The van der Waals surface area contributed by atoms with Crippen LogP contribution in [0.25, 0.3) is 0 Å². The minimum absolute atomic E-state index is 0.0445. The molecule has 1 N–H and O–H groups in total. The Morgan fingerprint density at radius 1 is 1.22 bits per heavy atom. The van der Waals surface area contributed by atoms with Gasteiger partial charge in [0.2, 0.25) is 5.91 Å². The zero-order valence-electron chi connectivity index (χ0n) is 12.8. The standard InChI is InChI=1S/C19H18N2OS/c20-11-16-13-8-4-5-9-17(13)23-19(16)21-18(22)15-10-14(15)12-6-2-1-3-7-12/h1-3,6-7,14-15H,4-5,8-10H2,(H,21,22)/t14-,15-/m0/s1. The summed E-state index contributed by atoms with van der Waals surface area (Å²) in [5.74, 6) is 0.438. The maximum absolute atomic E-state index is 12.5. The molecule has 1 saturated carbocycles. The highest BCUT2D eigenvalue weighted by molar-refractivity contribution is 7.16. The van der Waals surface area contributed by atoms with Crippen LogP contribution in [0.3, 0.4) is 0 Å². The van der Waals surface area contributed by atoms with Crippen LogP contribution in [0.2, 0.25) is 0 Å². The third-order valence-corrected chi connectivity index (χ3v) is 6.08. The van der Waals surface area contributed by atoms with Gasteiger partial charge in [-0.2, -0.15) is 5.26 Å². The van der Waals surface area contributed by atoms with Crippen LogP contribution in [0, 0.1) is 17.2 Å². The predicted octanol–water partition coefficient (Wildman–Crippen LogP) is 4.24. The van der Waals surface area contributed by atoms with E-state index in [2.05, 4.69) is 23.5 Å². The Bertz CT molecular complexity index is 788. The molecule has 23 heavy (non-hydrogen) atoms. The molecular formula is C19H18N2OS. The van der Waals surface area contributed by atoms with Gasteiger partial charge >= 0.3 is 0 Å². The number of hydrogen-bond donors (Lipinski definition) is 1. The molecule has 2 aliphatic carbocycles. The third kappa shape index (κ3) is 2.66. The van der Waals surface area contributed by atoms with E-state index < -0.39 is 0 Å². The Labute approximate surface area is 140 Å². The van der Waals surface area contributed by atoms with Gasteiger partial charge in [-0.25, -0.2) is 0 Å². The first kappa shape index (κ1) is 14.5. The van der Waals surface area contributed by atoms with Gasteiger partial charge in [-0.1, -0.05) is 30.3 Å². The number of amides is 1. The van der Waals surface area contributed by atoms with Gasteiger partial charge < -0.3 is 5.32 Å². The number of nitrogens with zero attached hydrogens (tertiary/aromatic N) is 1. The highest BCUT2D eigenvalue weighted by Gasteiger charge is 2.44. The van der Waals surface area contributed by atoms with Crippen molar-refractivity contribution in [2.75, 3.05) is 5.32 Å². The lowest BCUT2D eigenvalue weighted by molar-refractivity contribution is -0.117. The zero-order valence-corrected chi connectivity index (χ0v) is 13.7. The fourth-order valence-corrected chi connectivity index (χ4v) is 4.77. The van der Waals surface area contributed by atoms with E-state index in [1.807, 2.05) is 18.2 Å². The van der Waals surface area contributed by atoms with Crippen LogP contribution in [0.4, 0.5) is 5.00 Å². The molecule has 2 atom stereocenters. The summed E-state index contributed by atoms with van der Waals surface area (Å²) < 4.78 is 0. The number of carbonyl (C=O) groups excluding carboxylic acids is 1. The van der Waals surface area contributed by atoms with E-state index in [1.165, 1.54) is 22.4 Å². The lowest BCUT2D eigenvalue weighted by Crippen LogP contribution is -2.14. The van der Waals surface area contributed by atoms with Crippen LogP contribution in [-0.4, -0.2) is 5.91 Å². The molecule has 4 rings (SSSR count). The summed E-state index contributed by atoms with van der Waals surface area (Å²) >= 11 is 1.60. The number of rotatable bonds is 3. The smallest absolute Gasteiger partial charge is 0.228 e. The molecule has 0 unspecified atom stereocenters. The van der Waals surface area contributed by atoms with Crippen LogP contribution in [0.5, 0.6) is 0 Å². The van der Waals surface area contributed by atoms with Crippen molar-refractivity contribution in [1.82, 2.24) is 0 Å². The number of thiophene rings is 1. The van der Waals surface area contributed by atoms with Crippen molar-refractivity contribution in [3.63, 3.8) is 0 Å². The number of hydrogen-bond acceptors (Lipinski definition) is 3. The molecule has 4 heteroatoms. The molecule has 0 spiro atoms. The van der Waals surface area contributed by atoms with E-state index in [9.17, 15) is 10.1 Å². The van der Waals surface area contributed by atoms with Crippen molar-refractivity contribution in [2.45, 2.75) is 38.0 Å². The first-order chi connectivity index (χ1) is 11.3. The monoisotopic (exact) mass is 322 g/mol. The molecular weight excluding hydrogens is 304 g/mol. The largest absolute Gasteiger partial charge is 0.316 e. The van der Waals surface area contributed by atoms with Gasteiger partial charge in [0, 0.05) is 10.8 Å². The van der Waals surface area contributed by atoms with Gasteiger partial charge in [0.15, 0.2) is 0 Å². The number of benzene rings is 1. The number of nitrogens with one attached hydrogen (secondary N) is 1. The van der Waals surface area contributed by atoms with Crippen molar-refractivity contribution < 1.29 is 4.79 Å². The molecule has 1 fully saturated rings. The summed E-state index contributed by atoms with van der Waals surface area (Å²) in [6.07, 6.45) is 5.25. The van der Waals surface area contributed by atoms with Crippen molar-refractivity contribution in [1.29, 1.82) is 5.26 Å². The van der Waals surface area contributed by atoms with Gasteiger partial charge in [0.05, 0.1) is 5.56 Å². The Morgan fingerprint density at radius 3 is 2.78 bits per heavy atom. The molecule has 116 valence electrons. The number of fused-ring (bicyclic) bond motifs is 1. The molecule has 1 aromatic heterocycles. The summed E-state index contributed by atoms with van der Waals surface area (Å²) in [7, 11) is 0. The summed E-state index contributed by atoms with van der Waals surface area (Å²) in [6, 6.07) is 12.5. The van der Waals surface area contributed by atoms with Gasteiger partial charge in [0.1, 0.15) is 11.1 Å². The van der Waals surface area contributed by atoms with Crippen LogP contribution in [-0.2, 0) is 17.6 Å². The van der Waals surface area contributed by atoms with Gasteiger partial charge in [-0.05, 0) is 49.1 Å². The number of carbonyl (C=O) groups is 1. The van der Waals surface area contributed by atoms with Gasteiger partial charge in [-0.15, -0.1) is 11.3 Å². The highest BCUT2D eigenvalue weighted by atomic mass is 32.1. The fourth-order valence-electron chi connectivity index (χ4n) is 3.53. The lowest BCUT2D eigenvalue weighted by atomic mass is 9.96. The first-order valence-electron chi connectivity index (χ1n) is 8.18. The van der Waals surface area contributed by atoms with E-state index in [0.717, 1.165) is 30.7 Å². The Morgan fingerprint density at radius 2 is 2.00 bits per heavy atom. The normalized spacial score (nSPS) is 22.0. The maximum atomic E-state index is 12.5. The summed E-state index contributed by atoms with van der Waals surface area (Å²) in [5, 5.41) is 13.3. The minimum atomic E-state index is 0.0445. The van der Waals surface area contributed by atoms with Crippen LogP contribution in [0.15, 0.2) is 30.3 Å². The van der Waals surface area contributed by atoms with E-state index in [4.69, 9.17) is 0 Å². The molecule has 2 aliphatic rings. The predicted molar refractivity (Wildman–Crippen MR) is 91.6 cm³/mol. The minimum Gasteiger partial charge on any atom is -0.316 e. The molecule has 1 amide bonds. The van der Waals surface area contributed by atoms with E-state index in [0.29, 0.717) is 11.5 Å². The quantitative estimate of drug-likeness (QED) is 0.919. The summed E-state index contributed by atoms with van der Waals surface area (Å²) in [6.45, 7) is 0. The van der Waals surface area contributed by atoms with E-state index >= 15 is 0 Å². The molecule has 1 heterocycles. The van der Waals surface area contributed by atoms with Crippen LogP contribution >= 0.6 is 11.3 Å². The average Bonchev–Trinajstić information content (AvgIpc) is 3.31. The lowest BCUT2D eigenvalue weighted by Gasteiger charge is -2.09. The van der Waals surface area contributed by atoms with Crippen molar-refractivity contribution >= 4 is 22.2 Å². The van der Waals surface area contributed by atoms with Crippen molar-refractivity contribution in [2.24, 2.45) is 5.92 Å². The maximum Gasteiger partial charge on any atom is 0.228 e. The molecule has 0 bridgehead atoms. The Balaban J connectivity index is 1.50. The fraction of sp³-hybridized carbons (Fsp3) is 0.368. The SMILES string of the molecule is N#Cc1c(NC(=O)[C@H]2C[C@H]2c2ccccc2)sc2c1CCCC2. The molecule has 0 radical (unpaired) electrons. The molecule has 0 aliphatic heterocycles. The van der Waals surface area contributed by atoms with Crippen molar-refractivity contribution in [3.8, 4) is 6.07 Å². The number of anilines is 1. The highest BCUT2D eigenvalue weighted by Crippen LogP contribution is 2.48. The second kappa shape index (κ2) is 5.82. The Hall–Kier alpha value is -2.12. The molecule has 3 nitrogen and oxygen atoms in total. The third-order valence-electron chi connectivity index (χ3n) is 4.87. The van der Waals surface area contributed by atoms with Crippen LogP contribution in [0.1, 0.15) is 46.7 Å². The van der Waals surface area contributed by atoms with Gasteiger partial charge in [-0.3, -0.25) is 4.79 Å². The summed E-state index contributed by atoms with van der Waals surface area (Å²) in [4.78, 5) is 13.8. The number of aryl methyl sites for hydroxylation is 1. The van der Waals surface area contributed by atoms with Gasteiger partial charge in [0.25, 0.3) is 0 Å². The topological polar surface area (TPSA) is 52.9 Å². The first-order valence-corrected chi connectivity index (χ1v) is 9.00. The van der Waals surface area contributed by atoms with Crippen molar-refractivity contribution in [3.05, 3.63) is 51.9 Å². The molecule has 1 aromatic carbocycles. The number of nitriles is 1. The molecule has 0 saturated heterocycles. The average molecular weight is 322 g/mol. The van der Waals surface area contributed by atoms with Crippen LogP contribution < -0.4 is 5.32 Å². The van der Waals surface area contributed by atoms with E-state index in [-0.39, 0.29) is 11.8 Å².